The molecule has 2 fully saturated rings. The van der Waals surface area contributed by atoms with Crippen LogP contribution in [0.25, 0.3) is 0 Å². The zero-order chi connectivity index (χ0) is 13.1. The van der Waals surface area contributed by atoms with E-state index in [1.807, 2.05) is 18.5 Å². The first-order valence-electron chi connectivity index (χ1n) is 7.24. The molecule has 0 radical (unpaired) electrons. The second-order valence-corrected chi connectivity index (χ2v) is 5.31. The lowest BCUT2D eigenvalue weighted by molar-refractivity contribution is -0.0498. The second kappa shape index (κ2) is 5.99. The molecule has 4 nitrogen and oxygen atoms in total. The Balaban J connectivity index is 1.73. The third-order valence-corrected chi connectivity index (χ3v) is 4.14. The van der Waals surface area contributed by atoms with Crippen LogP contribution in [-0.4, -0.2) is 47.9 Å². The summed E-state index contributed by atoms with van der Waals surface area (Å²) in [4.78, 5) is 6.71. The summed E-state index contributed by atoms with van der Waals surface area (Å²) in [5.41, 5.74) is 1.27. The van der Waals surface area contributed by atoms with E-state index in [1.165, 1.54) is 12.0 Å². The summed E-state index contributed by atoms with van der Waals surface area (Å²) in [7, 11) is 0. The van der Waals surface area contributed by atoms with Crippen molar-refractivity contribution in [3.8, 4) is 0 Å². The maximum atomic E-state index is 5.94. The van der Waals surface area contributed by atoms with E-state index < -0.39 is 0 Å². The molecule has 0 spiro atoms. The Bertz CT molecular complexity index is 398. The van der Waals surface area contributed by atoms with Crippen molar-refractivity contribution in [2.45, 2.75) is 44.6 Å². The van der Waals surface area contributed by atoms with Gasteiger partial charge in [-0.25, -0.2) is 0 Å². The number of pyridine rings is 1. The molecule has 2 bridgehead atoms. The van der Waals surface area contributed by atoms with Crippen LogP contribution in [0, 0.1) is 0 Å². The van der Waals surface area contributed by atoms with Crippen LogP contribution in [-0.2, 0) is 16.0 Å². The van der Waals surface area contributed by atoms with Crippen LogP contribution in [0.2, 0.25) is 0 Å². The fourth-order valence-electron chi connectivity index (χ4n) is 3.30. The average Bonchev–Trinajstić information content (AvgIpc) is 2.73. The Morgan fingerprint density at radius 3 is 3.21 bits per heavy atom. The maximum Gasteiger partial charge on any atom is 0.0991 e. The zero-order valence-electron chi connectivity index (χ0n) is 11.5. The first kappa shape index (κ1) is 13.0. The van der Waals surface area contributed by atoms with Gasteiger partial charge in [-0.1, -0.05) is 6.07 Å². The van der Waals surface area contributed by atoms with Crippen LogP contribution in [0.4, 0.5) is 0 Å². The highest BCUT2D eigenvalue weighted by Gasteiger charge is 2.42. The average molecular weight is 262 g/mol. The van der Waals surface area contributed by atoms with Crippen molar-refractivity contribution >= 4 is 0 Å². The molecular formula is C15H22N2O2. The summed E-state index contributed by atoms with van der Waals surface area (Å²) in [6.45, 7) is 5.57. The molecule has 0 unspecified atom stereocenters. The molecule has 1 saturated carbocycles. The third-order valence-electron chi connectivity index (χ3n) is 4.14. The highest BCUT2D eigenvalue weighted by Crippen LogP contribution is 2.32. The molecule has 1 aromatic heterocycles. The Kier molecular flexibility index (Phi) is 4.11. The van der Waals surface area contributed by atoms with Crippen molar-refractivity contribution in [2.24, 2.45) is 0 Å². The summed E-state index contributed by atoms with van der Waals surface area (Å²) in [5, 5.41) is 0. The van der Waals surface area contributed by atoms with E-state index in [-0.39, 0.29) is 6.10 Å². The maximum absolute atomic E-state index is 5.94. The fraction of sp³-hybridized carbons (Fsp3) is 0.667. The predicted molar refractivity (Wildman–Crippen MR) is 72.8 cm³/mol. The molecule has 104 valence electrons. The molecule has 3 rings (SSSR count). The molecule has 1 aliphatic carbocycles. The minimum absolute atomic E-state index is 0.240. The molecule has 2 heterocycles. The SMILES string of the molecule is CCO[C@H]1[C@H]2CC[C@H]1OCCN2Cc1cccnc1. The van der Waals surface area contributed by atoms with Gasteiger partial charge >= 0.3 is 0 Å². The highest BCUT2D eigenvalue weighted by molar-refractivity contribution is 5.09. The molecule has 19 heavy (non-hydrogen) atoms. The summed E-state index contributed by atoms with van der Waals surface area (Å²) >= 11 is 0. The molecule has 1 saturated heterocycles. The van der Waals surface area contributed by atoms with Gasteiger partial charge < -0.3 is 9.47 Å². The Morgan fingerprint density at radius 2 is 2.42 bits per heavy atom. The van der Waals surface area contributed by atoms with E-state index in [2.05, 4.69) is 22.9 Å². The number of hydrogen-bond acceptors (Lipinski definition) is 4. The quantitative estimate of drug-likeness (QED) is 0.829. The van der Waals surface area contributed by atoms with Crippen molar-refractivity contribution in [1.82, 2.24) is 9.88 Å². The molecule has 0 amide bonds. The summed E-state index contributed by atoms with van der Waals surface area (Å²) in [5.74, 6) is 0. The molecule has 1 aliphatic heterocycles. The van der Waals surface area contributed by atoms with E-state index in [9.17, 15) is 0 Å². The lowest BCUT2D eigenvalue weighted by Gasteiger charge is -2.30. The lowest BCUT2D eigenvalue weighted by Crippen LogP contribution is -2.42. The minimum atomic E-state index is 0.240. The van der Waals surface area contributed by atoms with Crippen molar-refractivity contribution in [2.75, 3.05) is 19.8 Å². The minimum Gasteiger partial charge on any atom is -0.374 e. The van der Waals surface area contributed by atoms with Gasteiger partial charge in [0.05, 0.1) is 18.8 Å². The van der Waals surface area contributed by atoms with Crippen LogP contribution in [0.15, 0.2) is 24.5 Å². The number of nitrogens with zero attached hydrogens (tertiary/aromatic N) is 2. The van der Waals surface area contributed by atoms with E-state index in [0.29, 0.717) is 12.1 Å². The van der Waals surface area contributed by atoms with E-state index in [0.717, 1.165) is 32.7 Å². The van der Waals surface area contributed by atoms with Gasteiger partial charge in [-0.15, -0.1) is 0 Å². The van der Waals surface area contributed by atoms with Crippen LogP contribution in [0.1, 0.15) is 25.3 Å². The van der Waals surface area contributed by atoms with Gasteiger partial charge in [0.15, 0.2) is 0 Å². The molecule has 0 aromatic carbocycles. The van der Waals surface area contributed by atoms with Gasteiger partial charge in [0.25, 0.3) is 0 Å². The summed E-state index contributed by atoms with van der Waals surface area (Å²) in [6, 6.07) is 4.63. The Morgan fingerprint density at radius 1 is 1.47 bits per heavy atom. The van der Waals surface area contributed by atoms with Crippen molar-refractivity contribution in [3.05, 3.63) is 30.1 Å². The van der Waals surface area contributed by atoms with E-state index in [1.54, 1.807) is 0 Å². The number of rotatable bonds is 4. The molecule has 1 aromatic rings. The van der Waals surface area contributed by atoms with E-state index in [4.69, 9.17) is 9.47 Å². The monoisotopic (exact) mass is 262 g/mol. The van der Waals surface area contributed by atoms with Gasteiger partial charge in [-0.05, 0) is 31.4 Å². The molecule has 0 N–H and O–H groups in total. The highest BCUT2D eigenvalue weighted by atomic mass is 16.5. The summed E-state index contributed by atoms with van der Waals surface area (Å²) in [6.07, 6.45) is 6.61. The van der Waals surface area contributed by atoms with Crippen molar-refractivity contribution in [1.29, 1.82) is 0 Å². The van der Waals surface area contributed by atoms with Crippen molar-refractivity contribution < 1.29 is 9.47 Å². The zero-order valence-corrected chi connectivity index (χ0v) is 11.5. The molecule has 2 aliphatic rings. The topological polar surface area (TPSA) is 34.6 Å². The first-order valence-corrected chi connectivity index (χ1v) is 7.24. The second-order valence-electron chi connectivity index (χ2n) is 5.31. The van der Waals surface area contributed by atoms with Crippen LogP contribution >= 0.6 is 0 Å². The first-order chi connectivity index (χ1) is 9.38. The molecule has 4 heteroatoms. The summed E-state index contributed by atoms with van der Waals surface area (Å²) < 4.78 is 11.9. The van der Waals surface area contributed by atoms with Crippen LogP contribution < -0.4 is 0 Å². The van der Waals surface area contributed by atoms with Crippen LogP contribution in [0.5, 0.6) is 0 Å². The fourth-order valence-corrected chi connectivity index (χ4v) is 3.30. The van der Waals surface area contributed by atoms with Crippen molar-refractivity contribution in [3.63, 3.8) is 0 Å². The largest absolute Gasteiger partial charge is 0.374 e. The van der Waals surface area contributed by atoms with Crippen LogP contribution in [0.3, 0.4) is 0 Å². The standard InChI is InChI=1S/C15H22N2O2/c1-2-18-15-13-5-6-14(15)19-9-8-17(13)11-12-4-3-7-16-10-12/h3-4,7,10,13-15H,2,5-6,8-9,11H2,1H3/t13-,14-,15+/m1/s1. The molecular weight excluding hydrogens is 240 g/mol. The third kappa shape index (κ3) is 2.81. The number of aromatic nitrogens is 1. The Labute approximate surface area is 114 Å². The smallest absolute Gasteiger partial charge is 0.0991 e. The predicted octanol–water partition coefficient (Wildman–Crippen LogP) is 1.85. The van der Waals surface area contributed by atoms with Gasteiger partial charge in [0.1, 0.15) is 0 Å². The van der Waals surface area contributed by atoms with E-state index >= 15 is 0 Å². The number of fused-ring (bicyclic) bond motifs is 2. The Hall–Kier alpha value is -0.970. The molecule has 3 atom stereocenters. The van der Waals surface area contributed by atoms with Gasteiger partial charge in [-0.2, -0.15) is 0 Å². The number of ether oxygens (including phenoxy) is 2. The van der Waals surface area contributed by atoms with Gasteiger partial charge in [-0.3, -0.25) is 9.88 Å². The number of hydrogen-bond donors (Lipinski definition) is 0. The van der Waals surface area contributed by atoms with Gasteiger partial charge in [0, 0.05) is 38.1 Å². The lowest BCUT2D eigenvalue weighted by atomic mass is 10.1. The normalized spacial score (nSPS) is 31.3. The van der Waals surface area contributed by atoms with Gasteiger partial charge in [0.2, 0.25) is 0 Å².